The predicted molar refractivity (Wildman–Crippen MR) is 75.4 cm³/mol. The molecule has 0 saturated carbocycles. The second-order valence-electron chi connectivity index (χ2n) is 6.29. The lowest BCUT2D eigenvalue weighted by Gasteiger charge is -2.38. The van der Waals surface area contributed by atoms with E-state index in [1.54, 1.807) is 0 Å². The van der Waals surface area contributed by atoms with Crippen molar-refractivity contribution >= 4 is 0 Å². The van der Waals surface area contributed by atoms with E-state index in [4.69, 9.17) is 9.47 Å². The molecule has 0 amide bonds. The third kappa shape index (κ3) is 2.93. The van der Waals surface area contributed by atoms with Crippen LogP contribution in [0.15, 0.2) is 24.3 Å². The zero-order valence-corrected chi connectivity index (χ0v) is 11.8. The molecule has 2 aliphatic heterocycles. The number of benzene rings is 1. The first-order valence-corrected chi connectivity index (χ1v) is 7.23. The van der Waals surface area contributed by atoms with E-state index in [1.165, 1.54) is 12.0 Å². The Balaban J connectivity index is 1.72. The van der Waals surface area contributed by atoms with Crippen LogP contribution in [0.3, 0.4) is 0 Å². The number of hydrogen-bond donors (Lipinski definition) is 1. The fraction of sp³-hybridized carbons (Fsp3) is 0.625. The SMILES string of the molecule is CC1(C)CC(NCC2CCOC2)c2ccccc2O1. The molecule has 104 valence electrons. The summed E-state index contributed by atoms with van der Waals surface area (Å²) in [7, 11) is 0. The Hall–Kier alpha value is -1.06. The lowest BCUT2D eigenvalue weighted by atomic mass is 9.89. The van der Waals surface area contributed by atoms with Crippen molar-refractivity contribution in [3.8, 4) is 5.75 Å². The molecule has 2 aliphatic rings. The summed E-state index contributed by atoms with van der Waals surface area (Å²) in [6.07, 6.45) is 2.19. The van der Waals surface area contributed by atoms with Crippen LogP contribution in [0.25, 0.3) is 0 Å². The minimum absolute atomic E-state index is 0.0990. The highest BCUT2D eigenvalue weighted by Crippen LogP contribution is 2.39. The quantitative estimate of drug-likeness (QED) is 0.907. The molecular weight excluding hydrogens is 238 g/mol. The standard InChI is InChI=1S/C16H23NO2/c1-16(2)9-14(17-10-12-7-8-18-11-12)13-5-3-4-6-15(13)19-16/h3-6,12,14,17H,7-11H2,1-2H3. The van der Waals surface area contributed by atoms with E-state index in [0.717, 1.165) is 31.9 Å². The fourth-order valence-electron chi connectivity index (χ4n) is 3.04. The summed E-state index contributed by atoms with van der Waals surface area (Å²) in [5.74, 6) is 1.69. The van der Waals surface area contributed by atoms with Gasteiger partial charge in [-0.25, -0.2) is 0 Å². The topological polar surface area (TPSA) is 30.5 Å². The van der Waals surface area contributed by atoms with Crippen LogP contribution in [0, 0.1) is 5.92 Å². The molecule has 0 radical (unpaired) electrons. The number of fused-ring (bicyclic) bond motifs is 1. The molecule has 2 heterocycles. The number of hydrogen-bond acceptors (Lipinski definition) is 3. The Kier molecular flexibility index (Phi) is 3.50. The third-order valence-corrected chi connectivity index (χ3v) is 4.05. The smallest absolute Gasteiger partial charge is 0.124 e. The highest BCUT2D eigenvalue weighted by Gasteiger charge is 2.33. The van der Waals surface area contributed by atoms with Crippen LogP contribution in [0.4, 0.5) is 0 Å². The number of nitrogens with one attached hydrogen (secondary N) is 1. The maximum absolute atomic E-state index is 6.06. The molecular formula is C16H23NO2. The van der Waals surface area contributed by atoms with Crippen molar-refractivity contribution in [2.75, 3.05) is 19.8 Å². The van der Waals surface area contributed by atoms with Crippen molar-refractivity contribution in [2.45, 2.75) is 38.3 Å². The van der Waals surface area contributed by atoms with Gasteiger partial charge in [0.2, 0.25) is 0 Å². The summed E-state index contributed by atoms with van der Waals surface area (Å²) < 4.78 is 11.5. The zero-order valence-electron chi connectivity index (χ0n) is 11.8. The Morgan fingerprint density at radius 1 is 1.32 bits per heavy atom. The Morgan fingerprint density at radius 2 is 2.16 bits per heavy atom. The zero-order chi connectivity index (χ0) is 13.3. The fourth-order valence-corrected chi connectivity index (χ4v) is 3.04. The van der Waals surface area contributed by atoms with E-state index < -0.39 is 0 Å². The molecule has 1 aromatic carbocycles. The summed E-state index contributed by atoms with van der Waals surface area (Å²) in [5, 5.41) is 3.72. The first-order valence-electron chi connectivity index (χ1n) is 7.23. The van der Waals surface area contributed by atoms with Gasteiger partial charge in [0, 0.05) is 31.2 Å². The van der Waals surface area contributed by atoms with Gasteiger partial charge in [-0.05, 0) is 32.3 Å². The van der Waals surface area contributed by atoms with Crippen LogP contribution >= 0.6 is 0 Å². The summed E-state index contributed by atoms with van der Waals surface area (Å²) in [5.41, 5.74) is 1.19. The summed E-state index contributed by atoms with van der Waals surface area (Å²) in [4.78, 5) is 0. The molecule has 1 N–H and O–H groups in total. The van der Waals surface area contributed by atoms with Gasteiger partial charge in [0.25, 0.3) is 0 Å². The van der Waals surface area contributed by atoms with E-state index >= 15 is 0 Å². The largest absolute Gasteiger partial charge is 0.487 e. The maximum atomic E-state index is 6.06. The molecule has 1 fully saturated rings. The molecule has 2 atom stereocenters. The predicted octanol–water partition coefficient (Wildman–Crippen LogP) is 2.91. The summed E-state index contributed by atoms with van der Waals surface area (Å²) >= 11 is 0. The van der Waals surface area contributed by atoms with Crippen LogP contribution in [0.5, 0.6) is 5.75 Å². The summed E-state index contributed by atoms with van der Waals surface area (Å²) in [6.45, 7) is 7.19. The number of rotatable bonds is 3. The Bertz CT molecular complexity index is 438. The van der Waals surface area contributed by atoms with Gasteiger partial charge in [0.05, 0.1) is 6.61 Å². The minimum atomic E-state index is -0.0990. The van der Waals surface area contributed by atoms with Gasteiger partial charge >= 0.3 is 0 Å². The number of para-hydroxylation sites is 1. The monoisotopic (exact) mass is 261 g/mol. The highest BCUT2D eigenvalue weighted by atomic mass is 16.5. The van der Waals surface area contributed by atoms with Crippen molar-refractivity contribution in [1.82, 2.24) is 5.32 Å². The van der Waals surface area contributed by atoms with Crippen LogP contribution in [0.1, 0.15) is 38.3 Å². The molecule has 0 bridgehead atoms. The maximum Gasteiger partial charge on any atom is 0.124 e. The Morgan fingerprint density at radius 3 is 2.95 bits per heavy atom. The van der Waals surface area contributed by atoms with Crippen molar-refractivity contribution in [2.24, 2.45) is 5.92 Å². The lowest BCUT2D eigenvalue weighted by molar-refractivity contribution is 0.0650. The second kappa shape index (κ2) is 5.14. The van der Waals surface area contributed by atoms with E-state index in [-0.39, 0.29) is 5.60 Å². The second-order valence-corrected chi connectivity index (χ2v) is 6.29. The molecule has 3 rings (SSSR count). The van der Waals surface area contributed by atoms with Gasteiger partial charge in [0.15, 0.2) is 0 Å². The van der Waals surface area contributed by atoms with Crippen LogP contribution in [0.2, 0.25) is 0 Å². The normalized spacial score (nSPS) is 28.7. The molecule has 3 nitrogen and oxygen atoms in total. The lowest BCUT2D eigenvalue weighted by Crippen LogP contribution is -2.40. The van der Waals surface area contributed by atoms with Gasteiger partial charge in [-0.3, -0.25) is 0 Å². The van der Waals surface area contributed by atoms with Gasteiger partial charge in [0.1, 0.15) is 11.4 Å². The molecule has 1 aromatic rings. The molecule has 3 heteroatoms. The average Bonchev–Trinajstić information content (AvgIpc) is 2.87. The third-order valence-electron chi connectivity index (χ3n) is 4.05. The molecule has 0 aliphatic carbocycles. The molecule has 0 aromatic heterocycles. The van der Waals surface area contributed by atoms with E-state index in [2.05, 4.69) is 37.4 Å². The van der Waals surface area contributed by atoms with E-state index in [0.29, 0.717) is 12.0 Å². The van der Waals surface area contributed by atoms with Crippen LogP contribution in [-0.4, -0.2) is 25.4 Å². The van der Waals surface area contributed by atoms with Gasteiger partial charge in [-0.2, -0.15) is 0 Å². The van der Waals surface area contributed by atoms with Gasteiger partial charge in [-0.15, -0.1) is 0 Å². The van der Waals surface area contributed by atoms with Gasteiger partial charge < -0.3 is 14.8 Å². The van der Waals surface area contributed by atoms with Crippen LogP contribution < -0.4 is 10.1 Å². The van der Waals surface area contributed by atoms with Crippen molar-refractivity contribution in [1.29, 1.82) is 0 Å². The van der Waals surface area contributed by atoms with Crippen molar-refractivity contribution in [3.63, 3.8) is 0 Å². The van der Waals surface area contributed by atoms with Crippen molar-refractivity contribution in [3.05, 3.63) is 29.8 Å². The first kappa shape index (κ1) is 12.9. The van der Waals surface area contributed by atoms with Crippen molar-refractivity contribution < 1.29 is 9.47 Å². The summed E-state index contributed by atoms with van der Waals surface area (Å²) in [6, 6.07) is 8.77. The van der Waals surface area contributed by atoms with Crippen LogP contribution in [-0.2, 0) is 4.74 Å². The molecule has 0 spiro atoms. The molecule has 19 heavy (non-hydrogen) atoms. The minimum Gasteiger partial charge on any atom is -0.487 e. The van der Waals surface area contributed by atoms with Gasteiger partial charge in [-0.1, -0.05) is 18.2 Å². The Labute approximate surface area is 115 Å². The molecule has 2 unspecified atom stereocenters. The molecule has 1 saturated heterocycles. The number of ether oxygens (including phenoxy) is 2. The highest BCUT2D eigenvalue weighted by molar-refractivity contribution is 5.38. The average molecular weight is 261 g/mol. The van der Waals surface area contributed by atoms with E-state index in [9.17, 15) is 0 Å². The van der Waals surface area contributed by atoms with E-state index in [1.807, 2.05) is 6.07 Å². The first-order chi connectivity index (χ1) is 9.14.